The van der Waals surface area contributed by atoms with E-state index in [1.165, 1.54) is 31.2 Å². The van der Waals surface area contributed by atoms with E-state index in [-0.39, 0.29) is 0 Å². The van der Waals surface area contributed by atoms with Gasteiger partial charge in [-0.05, 0) is 50.2 Å². The lowest BCUT2D eigenvalue weighted by atomic mass is 9.95. The van der Waals surface area contributed by atoms with Crippen molar-refractivity contribution in [2.24, 2.45) is 5.92 Å². The summed E-state index contributed by atoms with van der Waals surface area (Å²) >= 11 is 6.47. The molecule has 0 bridgehead atoms. The molecule has 2 unspecified atom stereocenters. The van der Waals surface area contributed by atoms with Crippen LogP contribution in [0.5, 0.6) is 0 Å². The molecule has 2 heterocycles. The summed E-state index contributed by atoms with van der Waals surface area (Å²) in [6.45, 7) is 6.52. The summed E-state index contributed by atoms with van der Waals surface area (Å²) in [5.74, 6) is 1.68. The van der Waals surface area contributed by atoms with Crippen LogP contribution in [0.2, 0.25) is 5.02 Å². The van der Waals surface area contributed by atoms with Gasteiger partial charge in [-0.1, -0.05) is 18.5 Å². The molecule has 20 heavy (non-hydrogen) atoms. The van der Waals surface area contributed by atoms with E-state index >= 15 is 0 Å². The van der Waals surface area contributed by atoms with E-state index in [0.29, 0.717) is 6.04 Å². The van der Waals surface area contributed by atoms with Crippen molar-refractivity contribution < 1.29 is 0 Å². The Morgan fingerprint density at radius 3 is 2.80 bits per heavy atom. The second kappa shape index (κ2) is 5.90. The summed E-state index contributed by atoms with van der Waals surface area (Å²) in [4.78, 5) is 7.01. The summed E-state index contributed by atoms with van der Waals surface area (Å²) in [6.07, 6.45) is 7.12. The van der Waals surface area contributed by atoms with Crippen molar-refractivity contribution in [3.05, 3.63) is 22.8 Å². The molecule has 2 atom stereocenters. The molecule has 1 aliphatic carbocycles. The molecule has 1 aromatic heterocycles. The molecule has 3 nitrogen and oxygen atoms in total. The highest BCUT2D eigenvalue weighted by Crippen LogP contribution is 2.31. The summed E-state index contributed by atoms with van der Waals surface area (Å²) in [5, 5.41) is 4.30. The first-order valence-corrected chi connectivity index (χ1v) is 8.15. The standard InChI is InChI=1S/C16H24ClN3/c1-11-3-4-12(2)20(10-11)16-15(17)7-13(9-19-16)8-18-14-5-6-14/h7,9,11-12,14,18H,3-6,8,10H2,1-2H3. The van der Waals surface area contributed by atoms with Gasteiger partial charge in [0, 0.05) is 31.4 Å². The average Bonchev–Trinajstić information content (AvgIpc) is 3.24. The van der Waals surface area contributed by atoms with Crippen LogP contribution in [0.15, 0.2) is 12.3 Å². The Morgan fingerprint density at radius 1 is 1.30 bits per heavy atom. The molecule has 0 radical (unpaired) electrons. The average molecular weight is 294 g/mol. The minimum Gasteiger partial charge on any atom is -0.352 e. The Morgan fingerprint density at radius 2 is 2.10 bits per heavy atom. The fourth-order valence-electron chi connectivity index (χ4n) is 2.91. The molecule has 1 saturated heterocycles. The maximum atomic E-state index is 6.47. The smallest absolute Gasteiger partial charge is 0.147 e. The molecule has 110 valence electrons. The molecular weight excluding hydrogens is 270 g/mol. The monoisotopic (exact) mass is 293 g/mol. The number of nitrogens with one attached hydrogen (secondary N) is 1. The van der Waals surface area contributed by atoms with Crippen molar-refractivity contribution >= 4 is 17.4 Å². The molecule has 3 rings (SSSR count). The molecule has 1 aliphatic heterocycles. The zero-order valence-corrected chi connectivity index (χ0v) is 13.2. The van der Waals surface area contributed by atoms with Crippen LogP contribution in [-0.4, -0.2) is 23.6 Å². The van der Waals surface area contributed by atoms with Crippen LogP contribution in [0.25, 0.3) is 0 Å². The quantitative estimate of drug-likeness (QED) is 0.919. The van der Waals surface area contributed by atoms with Crippen LogP contribution >= 0.6 is 11.6 Å². The van der Waals surface area contributed by atoms with Gasteiger partial charge in [0.2, 0.25) is 0 Å². The number of halogens is 1. The first-order valence-electron chi connectivity index (χ1n) is 7.78. The summed E-state index contributed by atoms with van der Waals surface area (Å²) in [5.41, 5.74) is 1.18. The van der Waals surface area contributed by atoms with Gasteiger partial charge in [-0.2, -0.15) is 0 Å². The Bertz CT molecular complexity index is 473. The van der Waals surface area contributed by atoms with Crippen LogP contribution in [0.3, 0.4) is 0 Å². The topological polar surface area (TPSA) is 28.2 Å². The third kappa shape index (κ3) is 3.26. The van der Waals surface area contributed by atoms with Gasteiger partial charge in [0.05, 0.1) is 5.02 Å². The predicted molar refractivity (Wildman–Crippen MR) is 84.3 cm³/mol. The van der Waals surface area contributed by atoms with E-state index in [1.54, 1.807) is 0 Å². The van der Waals surface area contributed by atoms with Crippen LogP contribution in [0.1, 0.15) is 45.1 Å². The number of nitrogens with zero attached hydrogens (tertiary/aromatic N) is 2. The minimum atomic E-state index is 0.534. The Kier molecular flexibility index (Phi) is 4.18. The van der Waals surface area contributed by atoms with E-state index in [1.807, 2.05) is 6.20 Å². The summed E-state index contributed by atoms with van der Waals surface area (Å²) in [7, 11) is 0. The third-order valence-corrected chi connectivity index (χ3v) is 4.72. The van der Waals surface area contributed by atoms with E-state index in [0.717, 1.165) is 35.9 Å². The second-order valence-corrected chi connectivity index (χ2v) is 6.90. The van der Waals surface area contributed by atoms with E-state index in [9.17, 15) is 0 Å². The highest BCUT2D eigenvalue weighted by atomic mass is 35.5. The van der Waals surface area contributed by atoms with Crippen molar-refractivity contribution in [3.8, 4) is 0 Å². The number of hydrogen-bond donors (Lipinski definition) is 1. The summed E-state index contributed by atoms with van der Waals surface area (Å²) in [6, 6.07) is 3.33. The number of rotatable bonds is 4. The molecule has 0 spiro atoms. The highest BCUT2D eigenvalue weighted by molar-refractivity contribution is 6.33. The van der Waals surface area contributed by atoms with Gasteiger partial charge >= 0.3 is 0 Å². The fraction of sp³-hybridized carbons (Fsp3) is 0.688. The number of hydrogen-bond acceptors (Lipinski definition) is 3. The van der Waals surface area contributed by atoms with Gasteiger partial charge in [0.15, 0.2) is 0 Å². The molecule has 0 amide bonds. The predicted octanol–water partition coefficient (Wildman–Crippen LogP) is 3.61. The maximum Gasteiger partial charge on any atom is 0.147 e. The van der Waals surface area contributed by atoms with Crippen LogP contribution in [0, 0.1) is 5.92 Å². The number of piperidine rings is 1. The van der Waals surface area contributed by atoms with E-state index in [2.05, 4.69) is 35.1 Å². The number of anilines is 1. The summed E-state index contributed by atoms with van der Waals surface area (Å²) < 4.78 is 0. The molecule has 4 heteroatoms. The molecule has 0 aromatic carbocycles. The lowest BCUT2D eigenvalue weighted by Gasteiger charge is -2.38. The first-order chi connectivity index (χ1) is 9.63. The van der Waals surface area contributed by atoms with Gasteiger partial charge in [0.25, 0.3) is 0 Å². The van der Waals surface area contributed by atoms with Crippen LogP contribution in [-0.2, 0) is 6.54 Å². The van der Waals surface area contributed by atoms with Crippen molar-refractivity contribution in [3.63, 3.8) is 0 Å². The molecule has 2 aliphatic rings. The van der Waals surface area contributed by atoms with Gasteiger partial charge in [-0.15, -0.1) is 0 Å². The van der Waals surface area contributed by atoms with Gasteiger partial charge in [0.1, 0.15) is 5.82 Å². The first kappa shape index (κ1) is 14.2. The highest BCUT2D eigenvalue weighted by Gasteiger charge is 2.26. The number of aromatic nitrogens is 1. The third-order valence-electron chi connectivity index (χ3n) is 4.44. The lowest BCUT2D eigenvalue weighted by Crippen LogP contribution is -2.41. The van der Waals surface area contributed by atoms with Crippen molar-refractivity contribution in [1.29, 1.82) is 0 Å². The van der Waals surface area contributed by atoms with E-state index < -0.39 is 0 Å². The molecule has 1 saturated carbocycles. The zero-order chi connectivity index (χ0) is 14.1. The molecular formula is C16H24ClN3. The van der Waals surface area contributed by atoms with Crippen molar-refractivity contribution in [2.45, 2.75) is 58.2 Å². The van der Waals surface area contributed by atoms with Crippen LogP contribution in [0.4, 0.5) is 5.82 Å². The largest absolute Gasteiger partial charge is 0.352 e. The zero-order valence-electron chi connectivity index (χ0n) is 12.4. The normalized spacial score (nSPS) is 26.9. The lowest BCUT2D eigenvalue weighted by molar-refractivity contribution is 0.388. The van der Waals surface area contributed by atoms with E-state index in [4.69, 9.17) is 11.6 Å². The Labute approximate surface area is 126 Å². The number of pyridine rings is 1. The van der Waals surface area contributed by atoms with Gasteiger partial charge in [-0.25, -0.2) is 4.98 Å². The van der Waals surface area contributed by atoms with Crippen LogP contribution < -0.4 is 10.2 Å². The second-order valence-electron chi connectivity index (χ2n) is 6.49. The van der Waals surface area contributed by atoms with Crippen molar-refractivity contribution in [2.75, 3.05) is 11.4 Å². The molecule has 2 fully saturated rings. The van der Waals surface area contributed by atoms with Gasteiger partial charge in [-0.3, -0.25) is 0 Å². The fourth-order valence-corrected chi connectivity index (χ4v) is 3.21. The maximum absolute atomic E-state index is 6.47. The SMILES string of the molecule is CC1CCC(C)N(c2ncc(CNC3CC3)cc2Cl)C1. The Hall–Kier alpha value is -0.800. The van der Waals surface area contributed by atoms with Gasteiger partial charge < -0.3 is 10.2 Å². The molecule has 1 aromatic rings. The minimum absolute atomic E-state index is 0.534. The Balaban J connectivity index is 1.71. The van der Waals surface area contributed by atoms with Crippen molar-refractivity contribution in [1.82, 2.24) is 10.3 Å². The molecule has 1 N–H and O–H groups in total.